The highest BCUT2D eigenvalue weighted by atomic mass is 32.2. The van der Waals surface area contributed by atoms with Gasteiger partial charge in [0.2, 0.25) is 10.0 Å². The summed E-state index contributed by atoms with van der Waals surface area (Å²) in [5.74, 6) is 21.9. The van der Waals surface area contributed by atoms with Gasteiger partial charge in [0.25, 0.3) is 10.0 Å². The van der Waals surface area contributed by atoms with Crippen LogP contribution in [0.4, 0.5) is 17.3 Å². The number of sulfonamides is 2. The summed E-state index contributed by atoms with van der Waals surface area (Å²) in [4.78, 5) is 16.6. The van der Waals surface area contributed by atoms with Crippen molar-refractivity contribution >= 4 is 90.8 Å². The van der Waals surface area contributed by atoms with Crippen molar-refractivity contribution in [3.8, 4) is 35.5 Å². The van der Waals surface area contributed by atoms with Crippen LogP contribution >= 0.6 is 37.9 Å². The number of thiol groups is 3. The van der Waals surface area contributed by atoms with E-state index in [1.54, 1.807) is 49.5 Å². The molecule has 0 aliphatic carbocycles. The first-order chi connectivity index (χ1) is 27.1. The standard InChI is InChI=1S/C12H16N4OS2.2C12H15N3O2S2/c1-3-4-5-13-11-6-15-12(7-14-11)19(2,17)16-8-10(18)9-16;1-2-3-6-13-12-5-4-11(7-14-12)19(16,17)15-8-10(18)9-15;1-2-3-6-13-10-4-5-12(14-7-10)19(16,17)15-8-11(18)9-15/h6-7,10,18H,2,5,8-9H2,1H3,(H,13,14);4-5,7,10,18H,6,8-9H2,1H3,(H,13,14);4-5,7,11,13,18H,6,8-9H2,1H3. The molecule has 1 atom stereocenters. The van der Waals surface area contributed by atoms with Gasteiger partial charge in [-0.2, -0.15) is 46.5 Å². The quantitative estimate of drug-likeness (QED) is 0.0888. The molecule has 0 spiro atoms. The molecule has 6 heterocycles. The molecule has 0 saturated carbocycles. The molecule has 0 bridgehead atoms. The average Bonchev–Trinajstić information content (AvgIpc) is 3.15. The van der Waals surface area contributed by atoms with E-state index < -0.39 is 29.8 Å². The van der Waals surface area contributed by atoms with Crippen LogP contribution in [0.2, 0.25) is 0 Å². The van der Waals surface area contributed by atoms with Crippen LogP contribution in [0.1, 0.15) is 20.8 Å². The van der Waals surface area contributed by atoms with Crippen molar-refractivity contribution in [2.24, 2.45) is 0 Å². The van der Waals surface area contributed by atoms with Gasteiger partial charge in [-0.15, -0.1) is 17.8 Å². The van der Waals surface area contributed by atoms with E-state index in [4.69, 9.17) is 0 Å². The van der Waals surface area contributed by atoms with E-state index in [1.807, 2.05) is 0 Å². The van der Waals surface area contributed by atoms with Gasteiger partial charge in [-0.1, -0.05) is 17.8 Å². The molecular weight excluding hydrogens is 845 g/mol. The van der Waals surface area contributed by atoms with E-state index in [1.165, 1.54) is 33.3 Å². The summed E-state index contributed by atoms with van der Waals surface area (Å²) in [5, 5.41) is 10.0. The number of aromatic nitrogens is 4. The number of nitrogens with one attached hydrogen (secondary N) is 3. The maximum absolute atomic E-state index is 12.5. The van der Waals surface area contributed by atoms with Crippen LogP contribution in [0.25, 0.3) is 0 Å². The maximum Gasteiger partial charge on any atom is 0.260 e. The van der Waals surface area contributed by atoms with Gasteiger partial charge in [0.15, 0.2) is 10.1 Å². The first-order valence-corrected chi connectivity index (χ1v) is 23.5. The number of pyridine rings is 2. The van der Waals surface area contributed by atoms with Crippen molar-refractivity contribution in [1.29, 1.82) is 0 Å². The smallest absolute Gasteiger partial charge is 0.260 e. The topological polar surface area (TPSA) is 183 Å². The van der Waals surface area contributed by atoms with Gasteiger partial charge in [-0.05, 0) is 50.9 Å². The van der Waals surface area contributed by atoms with Gasteiger partial charge in [0.05, 0.1) is 53.6 Å². The van der Waals surface area contributed by atoms with Gasteiger partial charge in [0.1, 0.15) is 16.5 Å². The van der Waals surface area contributed by atoms with Crippen LogP contribution in [-0.4, -0.2) is 134 Å². The lowest BCUT2D eigenvalue weighted by Crippen LogP contribution is -2.50. The summed E-state index contributed by atoms with van der Waals surface area (Å²) in [6.07, 6.45) is 5.92. The molecule has 15 nitrogen and oxygen atoms in total. The molecule has 3 N–H and O–H groups in total. The Kier molecular flexibility index (Phi) is 17.2. The fraction of sp³-hybridized carbons (Fsp3) is 0.417. The van der Waals surface area contributed by atoms with Gasteiger partial charge in [0, 0.05) is 61.2 Å². The highest BCUT2D eigenvalue weighted by Gasteiger charge is 2.36. The van der Waals surface area contributed by atoms with E-state index >= 15 is 0 Å². The molecule has 0 aromatic carbocycles. The Bertz CT molecular complexity index is 2050. The van der Waals surface area contributed by atoms with Crippen molar-refractivity contribution in [3.05, 3.63) is 49.1 Å². The van der Waals surface area contributed by atoms with E-state index in [9.17, 15) is 21.0 Å². The van der Waals surface area contributed by atoms with Crippen LogP contribution < -0.4 is 16.0 Å². The SMILES string of the molecule is C=S(=O)(c1cnc(NCC#CC)cn1)N1CC(S)C1.CC#CCNc1ccc(S(=O)(=O)N2CC(S)C2)cn1.CC#CCNc1ccc(S(=O)(=O)N2CC(S)C2)nc1. The third-order valence-corrected chi connectivity index (χ3v) is 14.7. The Morgan fingerprint density at radius 2 is 1.09 bits per heavy atom. The van der Waals surface area contributed by atoms with E-state index in [0.29, 0.717) is 75.6 Å². The fourth-order valence-electron chi connectivity index (χ4n) is 4.82. The first-order valence-electron chi connectivity index (χ1n) is 17.4. The maximum atomic E-state index is 12.5. The molecule has 3 aliphatic rings. The number of hydrogen-bond acceptors (Lipinski definition) is 15. The summed E-state index contributed by atoms with van der Waals surface area (Å²) in [7, 11) is -9.39. The first kappa shape index (κ1) is 46.0. The molecule has 0 radical (unpaired) electrons. The second-order valence-corrected chi connectivity index (χ2v) is 20.7. The Hall–Kier alpha value is -3.69. The zero-order valence-corrected chi connectivity index (χ0v) is 36.8. The zero-order valence-electron chi connectivity index (χ0n) is 31.7. The van der Waals surface area contributed by atoms with E-state index in [0.717, 1.165) is 5.69 Å². The lowest BCUT2D eigenvalue weighted by atomic mass is 10.3. The lowest BCUT2D eigenvalue weighted by molar-refractivity contribution is 0.320. The van der Waals surface area contributed by atoms with Crippen molar-refractivity contribution in [1.82, 2.24) is 32.9 Å². The summed E-state index contributed by atoms with van der Waals surface area (Å²) < 4.78 is 65.6. The largest absolute Gasteiger partial charge is 0.373 e. The normalized spacial score (nSPS) is 17.2. The number of anilines is 3. The lowest BCUT2D eigenvalue weighted by Gasteiger charge is -2.37. The van der Waals surface area contributed by atoms with Crippen LogP contribution in [0.5, 0.6) is 0 Å². The Balaban J connectivity index is 0.000000189. The second-order valence-electron chi connectivity index (χ2n) is 12.4. The molecule has 3 aromatic rings. The predicted octanol–water partition coefficient (Wildman–Crippen LogP) is 2.16. The number of nitrogens with zero attached hydrogens (tertiary/aromatic N) is 7. The van der Waals surface area contributed by atoms with Crippen molar-refractivity contribution in [3.63, 3.8) is 0 Å². The van der Waals surface area contributed by atoms with Gasteiger partial charge < -0.3 is 16.0 Å². The minimum atomic E-state index is -3.46. The zero-order chi connectivity index (χ0) is 41.6. The van der Waals surface area contributed by atoms with E-state index in [-0.39, 0.29) is 25.7 Å². The summed E-state index contributed by atoms with van der Waals surface area (Å²) in [5.41, 5.74) is 0.748. The van der Waals surface area contributed by atoms with Crippen molar-refractivity contribution < 1.29 is 21.0 Å². The Morgan fingerprint density at radius 1 is 0.596 bits per heavy atom. The monoisotopic (exact) mass is 890 g/mol. The fourth-order valence-corrected chi connectivity index (χ4v) is 11.1. The Morgan fingerprint density at radius 3 is 1.54 bits per heavy atom. The molecule has 3 aromatic heterocycles. The third kappa shape index (κ3) is 12.9. The van der Waals surface area contributed by atoms with Gasteiger partial charge in [-0.25, -0.2) is 45.3 Å². The highest BCUT2D eigenvalue weighted by Crippen LogP contribution is 2.25. The number of rotatable bonds is 12. The van der Waals surface area contributed by atoms with Gasteiger partial charge >= 0.3 is 0 Å². The van der Waals surface area contributed by atoms with Crippen molar-refractivity contribution in [2.75, 3.05) is 74.9 Å². The van der Waals surface area contributed by atoms with Gasteiger partial charge in [-0.3, -0.25) is 0 Å². The average molecular weight is 891 g/mol. The molecule has 6 rings (SSSR count). The molecular formula is C36H46N10O5S6. The minimum absolute atomic E-state index is 0.0693. The van der Waals surface area contributed by atoms with Crippen LogP contribution in [0, 0.1) is 35.5 Å². The molecule has 3 saturated heterocycles. The predicted molar refractivity (Wildman–Crippen MR) is 237 cm³/mol. The molecule has 3 fully saturated rings. The van der Waals surface area contributed by atoms with Crippen molar-refractivity contribution in [2.45, 2.75) is 51.5 Å². The number of hydrogen-bond donors (Lipinski definition) is 6. The summed E-state index contributed by atoms with van der Waals surface area (Å²) in [6, 6.07) is 6.39. The Labute approximate surface area is 353 Å². The van der Waals surface area contributed by atoms with E-state index in [2.05, 4.69) is 115 Å². The molecule has 306 valence electrons. The highest BCUT2D eigenvalue weighted by molar-refractivity contribution is 7.98. The minimum Gasteiger partial charge on any atom is -0.373 e. The third-order valence-electron chi connectivity index (χ3n) is 8.20. The molecule has 21 heteroatoms. The van der Waals surface area contributed by atoms with Crippen LogP contribution in [0.15, 0.2) is 64.0 Å². The molecule has 0 amide bonds. The second kappa shape index (κ2) is 21.4. The van der Waals surface area contributed by atoms with Crippen LogP contribution in [0.3, 0.4) is 0 Å². The summed E-state index contributed by atoms with van der Waals surface area (Å²) in [6.45, 7) is 9.94. The summed E-state index contributed by atoms with van der Waals surface area (Å²) >= 11 is 12.7. The molecule has 57 heavy (non-hydrogen) atoms. The molecule has 3 aliphatic heterocycles. The molecule has 1 unspecified atom stereocenters. The van der Waals surface area contributed by atoms with Crippen LogP contribution in [-0.2, 0) is 29.8 Å².